The zero-order valence-electron chi connectivity index (χ0n) is 38.1. The fourth-order valence-corrected chi connectivity index (χ4v) is 9.23. The SMILES string of the molecule is COc1ccc([C@H]2[C@H](c3ccccc3)C(=O)N2c2cc(OC)c(OC)c(OC)c2)cc1NC(=O)[C@H](Cc1ccc(OCc2ccccc2)cc1)NC(=O)OCC1c2ccccc2-c2ccccc21. The quantitative estimate of drug-likeness (QED) is 0.0857. The maximum absolute atomic E-state index is 14.7. The fourth-order valence-electron chi connectivity index (χ4n) is 9.23. The lowest BCUT2D eigenvalue weighted by molar-refractivity contribution is -0.126. The third-order valence-electron chi connectivity index (χ3n) is 12.6. The van der Waals surface area contributed by atoms with Gasteiger partial charge in [-0.2, -0.15) is 0 Å². The zero-order chi connectivity index (χ0) is 47.1. The van der Waals surface area contributed by atoms with Crippen LogP contribution < -0.4 is 39.2 Å². The number of hydrogen-bond acceptors (Lipinski definition) is 9. The highest BCUT2D eigenvalue weighted by molar-refractivity contribution is 6.07. The van der Waals surface area contributed by atoms with E-state index in [-0.39, 0.29) is 24.9 Å². The Bertz CT molecular complexity index is 2860. The summed E-state index contributed by atoms with van der Waals surface area (Å²) in [5.41, 5.74) is 8.59. The molecule has 0 saturated carbocycles. The number of nitrogens with zero attached hydrogens (tertiary/aromatic N) is 1. The number of carbonyl (C=O) groups is 3. The number of rotatable bonds is 17. The van der Waals surface area contributed by atoms with Gasteiger partial charge in [0.25, 0.3) is 0 Å². The number of fused-ring (bicyclic) bond motifs is 3. The van der Waals surface area contributed by atoms with Crippen molar-refractivity contribution in [1.29, 1.82) is 0 Å². The molecule has 3 amide bonds. The monoisotopic (exact) mass is 909 g/mol. The number of benzene rings is 7. The number of anilines is 2. The molecule has 0 radical (unpaired) electrons. The highest BCUT2D eigenvalue weighted by Gasteiger charge is 2.50. The topological polar surface area (TPSA) is 134 Å². The van der Waals surface area contributed by atoms with Gasteiger partial charge < -0.3 is 44.0 Å². The second-order valence-electron chi connectivity index (χ2n) is 16.5. The summed E-state index contributed by atoms with van der Waals surface area (Å²) < 4.78 is 34.7. The van der Waals surface area contributed by atoms with Crippen LogP contribution in [0.1, 0.15) is 51.3 Å². The third-order valence-corrected chi connectivity index (χ3v) is 12.6. The Morgan fingerprint density at radius 1 is 0.618 bits per heavy atom. The maximum Gasteiger partial charge on any atom is 0.407 e. The van der Waals surface area contributed by atoms with Crippen molar-refractivity contribution < 1.29 is 42.8 Å². The number of alkyl carbamates (subject to hydrolysis) is 1. The van der Waals surface area contributed by atoms with Gasteiger partial charge in [0.2, 0.25) is 17.6 Å². The zero-order valence-corrected chi connectivity index (χ0v) is 38.1. The average Bonchev–Trinajstić information content (AvgIpc) is 3.70. The number of methoxy groups -OCH3 is 4. The number of amides is 3. The largest absolute Gasteiger partial charge is 0.495 e. The van der Waals surface area contributed by atoms with E-state index >= 15 is 0 Å². The van der Waals surface area contributed by atoms with Gasteiger partial charge in [-0.1, -0.05) is 127 Å². The van der Waals surface area contributed by atoms with Crippen LogP contribution in [0.4, 0.5) is 16.2 Å². The second-order valence-corrected chi connectivity index (χ2v) is 16.5. The van der Waals surface area contributed by atoms with Crippen molar-refractivity contribution in [2.75, 3.05) is 45.3 Å². The molecule has 1 aliphatic heterocycles. The molecule has 0 unspecified atom stereocenters. The molecular formula is C56H51N3O9. The van der Waals surface area contributed by atoms with Crippen LogP contribution in [0.2, 0.25) is 0 Å². The molecule has 0 aromatic heterocycles. The Hall–Kier alpha value is -8.25. The van der Waals surface area contributed by atoms with Crippen molar-refractivity contribution in [3.63, 3.8) is 0 Å². The summed E-state index contributed by atoms with van der Waals surface area (Å²) in [6, 6.07) is 50.4. The highest BCUT2D eigenvalue weighted by atomic mass is 16.5. The van der Waals surface area contributed by atoms with Gasteiger partial charge >= 0.3 is 6.09 Å². The molecule has 1 aliphatic carbocycles. The molecule has 0 bridgehead atoms. The fraction of sp³-hybridized carbons (Fsp3) is 0.196. The molecule has 1 heterocycles. The number of nitrogens with one attached hydrogen (secondary N) is 2. The Balaban J connectivity index is 1.000. The van der Waals surface area contributed by atoms with Gasteiger partial charge in [-0.15, -0.1) is 0 Å². The van der Waals surface area contributed by atoms with Crippen molar-refractivity contribution in [2.24, 2.45) is 0 Å². The number of carbonyl (C=O) groups excluding carboxylic acids is 3. The van der Waals surface area contributed by atoms with Crippen LogP contribution in [-0.2, 0) is 27.4 Å². The Morgan fingerprint density at radius 2 is 1.22 bits per heavy atom. The van der Waals surface area contributed by atoms with E-state index in [1.54, 1.807) is 29.2 Å². The highest BCUT2D eigenvalue weighted by Crippen LogP contribution is 2.53. The normalized spacial score (nSPS) is 15.2. The minimum absolute atomic E-state index is 0.0721. The molecule has 12 heteroatoms. The van der Waals surface area contributed by atoms with E-state index in [0.717, 1.165) is 44.5 Å². The summed E-state index contributed by atoms with van der Waals surface area (Å²) in [5, 5.41) is 5.93. The standard InChI is InChI=1S/C56H51N3O9/c1-63-48-28-25-38(52-51(37-17-9-6-10-18-37)55(61)59(52)39-31-49(64-2)53(66-4)50(32-39)65-3)30-46(48)57-54(60)47(29-35-23-26-40(27-24-35)67-33-36-15-7-5-8-16-36)58-56(62)68-34-45-43-21-13-11-19-41(43)42-20-12-14-22-44(42)45/h5-28,30-32,45,47,51-52H,29,33-34H2,1-4H3,(H,57,60)(H,58,62)/t47-,51-,52-/m0/s1. The predicted molar refractivity (Wildman–Crippen MR) is 260 cm³/mol. The van der Waals surface area contributed by atoms with Gasteiger partial charge in [0.05, 0.1) is 51.8 Å². The van der Waals surface area contributed by atoms with E-state index in [0.29, 0.717) is 46.7 Å². The van der Waals surface area contributed by atoms with Crippen molar-refractivity contribution in [3.05, 3.63) is 197 Å². The summed E-state index contributed by atoms with van der Waals surface area (Å²) in [6.07, 6.45) is -0.616. The minimum Gasteiger partial charge on any atom is -0.495 e. The van der Waals surface area contributed by atoms with Crippen molar-refractivity contribution in [2.45, 2.75) is 36.9 Å². The summed E-state index contributed by atoms with van der Waals surface area (Å²) in [5.74, 6) is 0.836. The first-order chi connectivity index (χ1) is 33.3. The van der Waals surface area contributed by atoms with Gasteiger partial charge in [-0.05, 0) is 68.8 Å². The maximum atomic E-state index is 14.7. The molecule has 344 valence electrons. The summed E-state index contributed by atoms with van der Waals surface area (Å²) in [6.45, 7) is 0.472. The Morgan fingerprint density at radius 3 is 1.84 bits per heavy atom. The van der Waals surface area contributed by atoms with Crippen LogP contribution >= 0.6 is 0 Å². The van der Waals surface area contributed by atoms with Crippen LogP contribution in [0.5, 0.6) is 28.7 Å². The first kappa shape index (κ1) is 44.9. The van der Waals surface area contributed by atoms with Gasteiger partial charge in [0.1, 0.15) is 30.8 Å². The van der Waals surface area contributed by atoms with Gasteiger partial charge in [0.15, 0.2) is 11.5 Å². The lowest BCUT2D eigenvalue weighted by atomic mass is 9.77. The molecule has 2 N–H and O–H groups in total. The smallest absolute Gasteiger partial charge is 0.407 e. The molecule has 3 atom stereocenters. The van der Waals surface area contributed by atoms with Gasteiger partial charge in [-0.25, -0.2) is 4.79 Å². The lowest BCUT2D eigenvalue weighted by Crippen LogP contribution is -2.53. The summed E-state index contributed by atoms with van der Waals surface area (Å²) >= 11 is 0. The lowest BCUT2D eigenvalue weighted by Gasteiger charge is -2.48. The molecule has 1 saturated heterocycles. The molecule has 7 aromatic rings. The minimum atomic E-state index is -1.09. The Kier molecular flexibility index (Phi) is 13.3. The molecule has 9 rings (SSSR count). The van der Waals surface area contributed by atoms with Crippen LogP contribution in [0.15, 0.2) is 164 Å². The molecule has 7 aromatic carbocycles. The first-order valence-electron chi connectivity index (χ1n) is 22.3. The molecule has 2 aliphatic rings. The van der Waals surface area contributed by atoms with E-state index < -0.39 is 30.0 Å². The van der Waals surface area contributed by atoms with Crippen LogP contribution in [-0.4, -0.2) is 59.0 Å². The number of β-lactam (4-membered cyclic amide) rings is 1. The van der Waals surface area contributed by atoms with Crippen molar-refractivity contribution in [3.8, 4) is 39.9 Å². The summed E-state index contributed by atoms with van der Waals surface area (Å²) in [4.78, 5) is 44.5. The van der Waals surface area contributed by atoms with Crippen LogP contribution in [0.25, 0.3) is 11.1 Å². The number of ether oxygens (including phenoxy) is 6. The van der Waals surface area contributed by atoms with E-state index in [1.807, 2.05) is 115 Å². The summed E-state index contributed by atoms with van der Waals surface area (Å²) in [7, 11) is 6.08. The molecule has 1 fully saturated rings. The van der Waals surface area contributed by atoms with E-state index in [9.17, 15) is 14.4 Å². The third kappa shape index (κ3) is 9.13. The second kappa shape index (κ2) is 20.1. The molecule has 68 heavy (non-hydrogen) atoms. The van der Waals surface area contributed by atoms with E-state index in [2.05, 4.69) is 34.9 Å². The molecular weight excluding hydrogens is 859 g/mol. The predicted octanol–water partition coefficient (Wildman–Crippen LogP) is 10.3. The Labute approximate surface area is 395 Å². The van der Waals surface area contributed by atoms with E-state index in [4.69, 9.17) is 28.4 Å². The van der Waals surface area contributed by atoms with Gasteiger partial charge in [0, 0.05) is 24.5 Å². The van der Waals surface area contributed by atoms with Crippen molar-refractivity contribution >= 4 is 29.3 Å². The van der Waals surface area contributed by atoms with E-state index in [1.165, 1.54) is 28.4 Å². The van der Waals surface area contributed by atoms with Gasteiger partial charge in [-0.3, -0.25) is 9.59 Å². The molecule has 0 spiro atoms. The molecule has 12 nitrogen and oxygen atoms in total. The number of hydrogen-bond donors (Lipinski definition) is 2. The van der Waals surface area contributed by atoms with Crippen LogP contribution in [0.3, 0.4) is 0 Å². The average molecular weight is 910 g/mol. The van der Waals surface area contributed by atoms with Crippen LogP contribution in [0, 0.1) is 0 Å². The first-order valence-corrected chi connectivity index (χ1v) is 22.3. The van der Waals surface area contributed by atoms with Crippen molar-refractivity contribution in [1.82, 2.24) is 5.32 Å².